The number of nitrogens with zero attached hydrogens (tertiary/aromatic N) is 3. The lowest BCUT2D eigenvalue weighted by Gasteiger charge is -2.01. The van der Waals surface area contributed by atoms with Gasteiger partial charge in [-0.05, 0) is 18.4 Å². The maximum Gasteiger partial charge on any atom is 0.171 e. The molecule has 0 spiro atoms. The zero-order valence-corrected chi connectivity index (χ0v) is 10.2. The summed E-state index contributed by atoms with van der Waals surface area (Å²) in [5.74, 6) is 4.92. The summed E-state index contributed by atoms with van der Waals surface area (Å²) in [6.45, 7) is 1.71. The summed E-state index contributed by atoms with van der Waals surface area (Å²) in [5.41, 5.74) is 3.37. The second-order valence-electron chi connectivity index (χ2n) is 3.62. The molecule has 6 heteroatoms. The Morgan fingerprint density at radius 1 is 1.71 bits per heavy atom. The average Bonchev–Trinajstić information content (AvgIpc) is 2.74. The van der Waals surface area contributed by atoms with E-state index < -0.39 is 0 Å². The van der Waals surface area contributed by atoms with Crippen molar-refractivity contribution in [2.24, 2.45) is 17.9 Å². The van der Waals surface area contributed by atoms with Gasteiger partial charge in [-0.1, -0.05) is 6.92 Å². The molecule has 3 N–H and O–H groups in total. The van der Waals surface area contributed by atoms with Crippen LogP contribution in [0.15, 0.2) is 29.0 Å². The summed E-state index contributed by atoms with van der Waals surface area (Å²) >= 11 is 0. The van der Waals surface area contributed by atoms with Crippen molar-refractivity contribution in [2.45, 2.75) is 26.2 Å². The Kier molecular flexibility index (Phi) is 5.35. The van der Waals surface area contributed by atoms with Gasteiger partial charge in [0, 0.05) is 25.9 Å². The first-order valence-corrected chi connectivity index (χ1v) is 5.52. The van der Waals surface area contributed by atoms with Crippen molar-refractivity contribution in [2.75, 3.05) is 0 Å². The van der Waals surface area contributed by atoms with E-state index in [-0.39, 0.29) is 18.1 Å². The molecule has 0 aliphatic rings. The SMILES string of the molecule is CC/C(F)=C(\N=C/CCc1cnn(C)c1)NN. The molecule has 17 heavy (non-hydrogen) atoms. The number of aryl methyl sites for hydroxylation is 2. The zero-order valence-electron chi connectivity index (χ0n) is 10.2. The van der Waals surface area contributed by atoms with Crippen molar-refractivity contribution in [1.82, 2.24) is 15.2 Å². The van der Waals surface area contributed by atoms with Gasteiger partial charge in [-0.25, -0.2) is 15.2 Å². The highest BCUT2D eigenvalue weighted by atomic mass is 19.1. The molecule has 1 rings (SSSR count). The van der Waals surface area contributed by atoms with Crippen LogP contribution in [0, 0.1) is 0 Å². The Balaban J connectivity index is 2.45. The van der Waals surface area contributed by atoms with Crippen LogP contribution in [0.2, 0.25) is 0 Å². The molecule has 0 bridgehead atoms. The first-order valence-electron chi connectivity index (χ1n) is 5.52. The highest BCUT2D eigenvalue weighted by molar-refractivity contribution is 5.59. The van der Waals surface area contributed by atoms with Crippen molar-refractivity contribution in [1.29, 1.82) is 0 Å². The van der Waals surface area contributed by atoms with Crippen LogP contribution in [-0.2, 0) is 13.5 Å². The molecule has 1 heterocycles. The third-order valence-electron chi connectivity index (χ3n) is 2.24. The van der Waals surface area contributed by atoms with E-state index >= 15 is 0 Å². The van der Waals surface area contributed by atoms with Gasteiger partial charge in [0.1, 0.15) is 5.83 Å². The molecule has 0 amide bonds. The van der Waals surface area contributed by atoms with Crippen LogP contribution in [0.3, 0.4) is 0 Å². The van der Waals surface area contributed by atoms with E-state index in [0.717, 1.165) is 12.0 Å². The molecule has 0 aliphatic carbocycles. The summed E-state index contributed by atoms with van der Waals surface area (Å²) in [6, 6.07) is 0. The highest BCUT2D eigenvalue weighted by Crippen LogP contribution is 2.08. The molecule has 1 aromatic rings. The van der Waals surface area contributed by atoms with Gasteiger partial charge >= 0.3 is 0 Å². The minimum Gasteiger partial charge on any atom is -0.306 e. The van der Waals surface area contributed by atoms with E-state index in [1.807, 2.05) is 13.2 Å². The third-order valence-corrected chi connectivity index (χ3v) is 2.24. The number of rotatable bonds is 6. The molecule has 5 nitrogen and oxygen atoms in total. The van der Waals surface area contributed by atoms with Crippen molar-refractivity contribution in [3.8, 4) is 0 Å². The van der Waals surface area contributed by atoms with E-state index in [1.54, 1.807) is 24.0 Å². The molecular weight excluding hydrogens is 221 g/mol. The number of nitrogens with two attached hydrogens (primary N) is 1. The largest absolute Gasteiger partial charge is 0.306 e. The minimum atomic E-state index is -0.342. The van der Waals surface area contributed by atoms with Crippen LogP contribution < -0.4 is 11.3 Å². The fraction of sp³-hybridized carbons (Fsp3) is 0.455. The van der Waals surface area contributed by atoms with Crippen molar-refractivity contribution < 1.29 is 4.39 Å². The fourth-order valence-corrected chi connectivity index (χ4v) is 1.34. The maximum atomic E-state index is 13.2. The summed E-state index contributed by atoms with van der Waals surface area (Å²) in [6.07, 6.45) is 7.21. The standard InChI is InChI=1S/C11H18FN5/c1-3-10(12)11(16-13)14-6-4-5-9-7-15-17(2)8-9/h6-8,16H,3-5,13H2,1-2H3/b11-10-,14-6-. The van der Waals surface area contributed by atoms with Crippen LogP contribution in [0.25, 0.3) is 0 Å². The summed E-state index contributed by atoms with van der Waals surface area (Å²) in [7, 11) is 1.87. The van der Waals surface area contributed by atoms with Crippen LogP contribution in [0.4, 0.5) is 4.39 Å². The topological polar surface area (TPSA) is 68.2 Å². The van der Waals surface area contributed by atoms with Gasteiger partial charge in [-0.15, -0.1) is 0 Å². The average molecular weight is 239 g/mol. The van der Waals surface area contributed by atoms with Gasteiger partial charge in [-0.2, -0.15) is 5.10 Å². The lowest BCUT2D eigenvalue weighted by molar-refractivity contribution is 0.573. The predicted octanol–water partition coefficient (Wildman–Crippen LogP) is 1.44. The molecule has 0 unspecified atom stereocenters. The zero-order chi connectivity index (χ0) is 12.7. The Labute approximate surface area is 100 Å². The number of aromatic nitrogens is 2. The number of allylic oxidation sites excluding steroid dienone is 1. The van der Waals surface area contributed by atoms with Crippen LogP contribution in [0.5, 0.6) is 0 Å². The van der Waals surface area contributed by atoms with E-state index in [9.17, 15) is 4.39 Å². The molecule has 0 aromatic carbocycles. The lowest BCUT2D eigenvalue weighted by atomic mass is 10.2. The van der Waals surface area contributed by atoms with Gasteiger partial charge in [0.15, 0.2) is 5.82 Å². The fourth-order valence-electron chi connectivity index (χ4n) is 1.34. The molecule has 0 saturated carbocycles. The normalized spacial score (nSPS) is 12.9. The number of hydrazine groups is 1. The maximum absolute atomic E-state index is 13.2. The Bertz CT molecular complexity index is 408. The molecule has 1 aromatic heterocycles. The van der Waals surface area contributed by atoms with Crippen molar-refractivity contribution in [3.63, 3.8) is 0 Å². The van der Waals surface area contributed by atoms with Gasteiger partial charge in [-0.3, -0.25) is 4.68 Å². The predicted molar refractivity (Wildman–Crippen MR) is 65.8 cm³/mol. The number of nitrogens with one attached hydrogen (secondary N) is 1. The first kappa shape index (κ1) is 13.4. The third kappa shape index (κ3) is 4.36. The monoisotopic (exact) mass is 239 g/mol. The Morgan fingerprint density at radius 2 is 2.47 bits per heavy atom. The van der Waals surface area contributed by atoms with E-state index in [1.165, 1.54) is 0 Å². The molecule has 94 valence electrons. The van der Waals surface area contributed by atoms with Crippen molar-refractivity contribution in [3.05, 3.63) is 29.6 Å². The molecule has 0 fully saturated rings. The molecule has 0 radical (unpaired) electrons. The summed E-state index contributed by atoms with van der Waals surface area (Å²) < 4.78 is 14.9. The molecule has 0 saturated heterocycles. The molecular formula is C11H18FN5. The quantitative estimate of drug-likeness (QED) is 0.448. The van der Waals surface area contributed by atoms with Gasteiger partial charge in [0.05, 0.1) is 6.20 Å². The van der Waals surface area contributed by atoms with E-state index in [0.29, 0.717) is 6.42 Å². The van der Waals surface area contributed by atoms with Gasteiger partial charge in [0.25, 0.3) is 0 Å². The molecule has 0 aliphatic heterocycles. The summed E-state index contributed by atoms with van der Waals surface area (Å²) in [4.78, 5) is 3.95. The first-order chi connectivity index (χ1) is 8.17. The van der Waals surface area contributed by atoms with Gasteiger partial charge < -0.3 is 5.43 Å². The van der Waals surface area contributed by atoms with Crippen molar-refractivity contribution >= 4 is 6.21 Å². The minimum absolute atomic E-state index is 0.0960. The lowest BCUT2D eigenvalue weighted by Crippen LogP contribution is -2.21. The van der Waals surface area contributed by atoms with E-state index in [2.05, 4.69) is 15.5 Å². The Morgan fingerprint density at radius 3 is 3.00 bits per heavy atom. The van der Waals surface area contributed by atoms with Crippen LogP contribution >= 0.6 is 0 Å². The number of halogens is 1. The second kappa shape index (κ2) is 6.80. The second-order valence-corrected chi connectivity index (χ2v) is 3.62. The van der Waals surface area contributed by atoms with Crippen LogP contribution in [0.1, 0.15) is 25.3 Å². The van der Waals surface area contributed by atoms with E-state index in [4.69, 9.17) is 5.84 Å². The number of aliphatic imine (C=N–C) groups is 1. The number of hydrogen-bond donors (Lipinski definition) is 2. The van der Waals surface area contributed by atoms with Gasteiger partial charge in [0.2, 0.25) is 0 Å². The number of hydrogen-bond acceptors (Lipinski definition) is 4. The highest BCUT2D eigenvalue weighted by Gasteiger charge is 2.00. The Hall–Kier alpha value is -1.69. The smallest absolute Gasteiger partial charge is 0.171 e. The molecule has 0 atom stereocenters. The summed E-state index contributed by atoms with van der Waals surface area (Å²) in [5, 5.41) is 4.06. The van der Waals surface area contributed by atoms with Crippen LogP contribution in [-0.4, -0.2) is 16.0 Å².